The summed E-state index contributed by atoms with van der Waals surface area (Å²) in [5.74, 6) is 1.75. The van der Waals surface area contributed by atoms with Gasteiger partial charge in [0.1, 0.15) is 11.6 Å². The van der Waals surface area contributed by atoms with Gasteiger partial charge < -0.3 is 4.57 Å². The van der Waals surface area contributed by atoms with Crippen molar-refractivity contribution in [2.24, 2.45) is 0 Å². The first-order valence-corrected chi connectivity index (χ1v) is 18.7. The molecule has 5 heteroatoms. The molecule has 0 aliphatic rings. The molecule has 0 aliphatic carbocycles. The molecule has 266 valence electrons. The number of aromatic nitrogens is 3. The maximum absolute atomic E-state index is 4.78. The zero-order valence-corrected chi connectivity index (χ0v) is 31.2. The van der Waals surface area contributed by atoms with E-state index >= 15 is 0 Å². The Morgan fingerprint density at radius 2 is 0.800 bits per heavy atom. The van der Waals surface area contributed by atoms with Crippen molar-refractivity contribution in [2.75, 3.05) is 9.80 Å². The molecule has 0 bridgehead atoms. The lowest BCUT2D eigenvalue weighted by molar-refractivity contribution is 0.407. The van der Waals surface area contributed by atoms with E-state index in [1.165, 1.54) is 32.9 Å². The van der Waals surface area contributed by atoms with Crippen molar-refractivity contribution in [2.45, 2.75) is 26.3 Å². The summed E-state index contributed by atoms with van der Waals surface area (Å²) in [6.07, 6.45) is 3.71. The predicted molar refractivity (Wildman–Crippen MR) is 230 cm³/mol. The van der Waals surface area contributed by atoms with Crippen molar-refractivity contribution in [1.82, 2.24) is 14.5 Å². The van der Waals surface area contributed by atoms with Gasteiger partial charge in [-0.25, -0.2) is 9.97 Å². The van der Waals surface area contributed by atoms with Gasteiger partial charge in [-0.1, -0.05) is 109 Å². The van der Waals surface area contributed by atoms with E-state index in [2.05, 4.69) is 193 Å². The summed E-state index contributed by atoms with van der Waals surface area (Å²) in [5, 5.41) is 4.74. The van der Waals surface area contributed by atoms with Crippen LogP contribution in [0.5, 0.6) is 0 Å². The van der Waals surface area contributed by atoms with Gasteiger partial charge >= 0.3 is 0 Å². The second kappa shape index (κ2) is 14.1. The summed E-state index contributed by atoms with van der Waals surface area (Å²) < 4.78 is 2.46. The molecule has 0 N–H and O–H groups in total. The summed E-state index contributed by atoms with van der Waals surface area (Å²) in [6.45, 7) is 6.82. The van der Waals surface area contributed by atoms with E-state index in [4.69, 9.17) is 9.97 Å². The average molecular weight is 712 g/mol. The van der Waals surface area contributed by atoms with E-state index in [1.54, 1.807) is 0 Å². The molecule has 0 saturated carbocycles. The van der Waals surface area contributed by atoms with Crippen molar-refractivity contribution >= 4 is 55.9 Å². The number of pyridine rings is 2. The maximum atomic E-state index is 4.78. The van der Waals surface area contributed by atoms with Gasteiger partial charge in [0.05, 0.1) is 11.4 Å². The standard InChI is InChI=1S/C50H41N5/c1-50(2,3)55-44(38-24-28-40(29-25-38)53(48-22-8-10-34-51-48)46-20-12-16-36-14-4-6-18-42(36)46)32-33-45(55)39-26-30-41(31-27-39)54(49-23-9-11-35-52-49)47-21-13-17-37-15-5-7-19-43(37)47/h4-35H,1-3H3. The largest absolute Gasteiger partial charge is 0.335 e. The smallest absolute Gasteiger partial charge is 0.137 e. The first-order valence-electron chi connectivity index (χ1n) is 18.7. The van der Waals surface area contributed by atoms with E-state index in [0.29, 0.717) is 0 Å². The topological polar surface area (TPSA) is 37.2 Å². The van der Waals surface area contributed by atoms with Crippen LogP contribution in [-0.2, 0) is 5.54 Å². The average Bonchev–Trinajstić information content (AvgIpc) is 3.69. The lowest BCUT2D eigenvalue weighted by Gasteiger charge is -2.29. The van der Waals surface area contributed by atoms with Crippen LogP contribution in [-0.4, -0.2) is 14.5 Å². The molecule has 0 atom stereocenters. The summed E-state index contributed by atoms with van der Waals surface area (Å²) >= 11 is 0. The molecule has 3 heterocycles. The number of fused-ring (bicyclic) bond motifs is 2. The first-order chi connectivity index (χ1) is 26.9. The van der Waals surface area contributed by atoms with Gasteiger partial charge in [-0.2, -0.15) is 0 Å². The third kappa shape index (κ3) is 6.40. The minimum Gasteiger partial charge on any atom is -0.335 e. The van der Waals surface area contributed by atoms with Crippen LogP contribution in [0.4, 0.5) is 34.4 Å². The van der Waals surface area contributed by atoms with Gasteiger partial charge in [-0.3, -0.25) is 9.80 Å². The van der Waals surface area contributed by atoms with Crippen LogP contribution in [0.3, 0.4) is 0 Å². The molecule has 0 spiro atoms. The molecule has 0 fully saturated rings. The molecule has 3 aromatic heterocycles. The van der Waals surface area contributed by atoms with Crippen molar-refractivity contribution < 1.29 is 0 Å². The molecular formula is C50H41N5. The molecule has 5 nitrogen and oxygen atoms in total. The van der Waals surface area contributed by atoms with Gasteiger partial charge in [-0.05, 0) is 115 Å². The Bertz CT molecular complexity index is 2530. The van der Waals surface area contributed by atoms with Crippen molar-refractivity contribution in [3.8, 4) is 22.5 Å². The molecule has 0 radical (unpaired) electrons. The fraction of sp³-hybridized carbons (Fsp3) is 0.0800. The van der Waals surface area contributed by atoms with Crippen molar-refractivity contribution in [1.29, 1.82) is 0 Å². The Kier molecular flexibility index (Phi) is 8.68. The fourth-order valence-electron chi connectivity index (χ4n) is 7.74. The van der Waals surface area contributed by atoms with Crippen molar-refractivity contribution in [3.05, 3.63) is 194 Å². The fourth-order valence-corrected chi connectivity index (χ4v) is 7.74. The SMILES string of the molecule is CC(C)(C)n1c(-c2ccc(N(c3ccccn3)c3cccc4ccccc34)cc2)ccc1-c1ccc(N(c2ccccn2)c2cccc3ccccc23)cc1. The highest BCUT2D eigenvalue weighted by Gasteiger charge is 2.24. The monoisotopic (exact) mass is 711 g/mol. The van der Waals surface area contributed by atoms with Crippen LogP contribution >= 0.6 is 0 Å². The zero-order valence-electron chi connectivity index (χ0n) is 31.2. The van der Waals surface area contributed by atoms with E-state index < -0.39 is 0 Å². The quantitative estimate of drug-likeness (QED) is 0.157. The lowest BCUT2D eigenvalue weighted by Crippen LogP contribution is -2.23. The Morgan fingerprint density at radius 3 is 1.20 bits per heavy atom. The summed E-state index contributed by atoms with van der Waals surface area (Å²) in [5.41, 5.74) is 8.73. The molecule has 55 heavy (non-hydrogen) atoms. The molecule has 9 aromatic rings. The van der Waals surface area contributed by atoms with Crippen LogP contribution in [0, 0.1) is 0 Å². The van der Waals surface area contributed by atoms with E-state index in [1.807, 2.05) is 36.7 Å². The molecule has 0 aliphatic heterocycles. The molecular weight excluding hydrogens is 671 g/mol. The lowest BCUT2D eigenvalue weighted by atomic mass is 10.0. The molecule has 0 amide bonds. The number of benzene rings is 6. The minimum absolute atomic E-state index is 0.183. The Hall–Kier alpha value is -6.98. The number of hydrogen-bond acceptors (Lipinski definition) is 4. The Labute approximate surface area is 322 Å². The highest BCUT2D eigenvalue weighted by molar-refractivity contribution is 5.99. The summed E-state index contributed by atoms with van der Waals surface area (Å²) in [4.78, 5) is 14.1. The van der Waals surface area contributed by atoms with Crippen LogP contribution in [0.1, 0.15) is 20.8 Å². The molecule has 0 saturated heterocycles. The Morgan fingerprint density at radius 1 is 0.400 bits per heavy atom. The second-order valence-corrected chi connectivity index (χ2v) is 14.7. The van der Waals surface area contributed by atoms with Gasteiger partial charge in [0.2, 0.25) is 0 Å². The molecule has 0 unspecified atom stereocenters. The molecule has 9 rings (SSSR count). The van der Waals surface area contributed by atoms with E-state index in [-0.39, 0.29) is 5.54 Å². The minimum atomic E-state index is -0.183. The highest BCUT2D eigenvalue weighted by Crippen LogP contribution is 2.42. The van der Waals surface area contributed by atoms with Gasteiger partial charge in [0.15, 0.2) is 0 Å². The van der Waals surface area contributed by atoms with Gasteiger partial charge in [-0.15, -0.1) is 0 Å². The van der Waals surface area contributed by atoms with Crippen LogP contribution < -0.4 is 9.80 Å². The summed E-state index contributed by atoms with van der Waals surface area (Å²) in [7, 11) is 0. The zero-order chi connectivity index (χ0) is 37.4. The second-order valence-electron chi connectivity index (χ2n) is 14.7. The number of anilines is 6. The first kappa shape index (κ1) is 33.8. The van der Waals surface area contributed by atoms with E-state index in [0.717, 1.165) is 45.5 Å². The number of rotatable bonds is 8. The third-order valence-electron chi connectivity index (χ3n) is 10.2. The van der Waals surface area contributed by atoms with Crippen LogP contribution in [0.25, 0.3) is 44.1 Å². The normalized spacial score (nSPS) is 11.5. The van der Waals surface area contributed by atoms with Crippen molar-refractivity contribution in [3.63, 3.8) is 0 Å². The maximum Gasteiger partial charge on any atom is 0.137 e. The van der Waals surface area contributed by atoms with E-state index in [9.17, 15) is 0 Å². The highest BCUT2D eigenvalue weighted by atomic mass is 15.2. The van der Waals surface area contributed by atoms with Crippen LogP contribution in [0.2, 0.25) is 0 Å². The van der Waals surface area contributed by atoms with Gasteiger partial charge in [0, 0.05) is 51.5 Å². The molecule has 6 aromatic carbocycles. The van der Waals surface area contributed by atoms with Gasteiger partial charge in [0.25, 0.3) is 0 Å². The number of nitrogens with zero attached hydrogens (tertiary/aromatic N) is 5. The number of hydrogen-bond donors (Lipinski definition) is 0. The Balaban J connectivity index is 1.09. The van der Waals surface area contributed by atoms with Crippen LogP contribution in [0.15, 0.2) is 194 Å². The third-order valence-corrected chi connectivity index (χ3v) is 10.2. The summed E-state index contributed by atoms with van der Waals surface area (Å²) in [6, 6.07) is 64.3. The predicted octanol–water partition coefficient (Wildman–Crippen LogP) is 13.6.